The SMILES string of the molecule is COC(=O)N[C@H](C(=O)N1C[C@@H](C)C[C@H]1c1ncc(-c2ccc(-c3ccc(-c4cnc([C@@H]5C[C@H](C)CN5C(=O)CC(C)C)[nH]4)cc3)c3c2C2CC(C)C3C2)[nH]1)C(C)C. The minimum atomic E-state index is -0.683. The van der Waals surface area contributed by atoms with E-state index in [9.17, 15) is 14.4 Å². The summed E-state index contributed by atoms with van der Waals surface area (Å²) in [6.45, 7) is 16.2. The van der Waals surface area contributed by atoms with E-state index in [1.165, 1.54) is 47.8 Å². The van der Waals surface area contributed by atoms with Crippen LogP contribution in [-0.2, 0) is 14.3 Å². The highest BCUT2D eigenvalue weighted by atomic mass is 16.5. The van der Waals surface area contributed by atoms with Crippen molar-refractivity contribution in [2.24, 2.45) is 29.6 Å². The molecule has 11 heteroatoms. The number of methoxy groups -OCH3 is 1. The number of likely N-dealkylation sites (tertiary alicyclic amines) is 2. The molecule has 3 fully saturated rings. The Balaban J connectivity index is 1.05. The molecule has 2 bridgehead atoms. The fourth-order valence-electron chi connectivity index (χ4n) is 10.4. The maximum atomic E-state index is 13.9. The lowest BCUT2D eigenvalue weighted by Gasteiger charge is -2.30. The number of alkyl carbamates (subject to hydrolysis) is 1. The van der Waals surface area contributed by atoms with Crippen LogP contribution in [0.25, 0.3) is 33.6 Å². The molecule has 3 N–H and O–H groups in total. The number of carbonyl (C=O) groups excluding carboxylic acids is 3. The number of fused-ring (bicyclic) bond motifs is 5. The molecule has 3 amide bonds. The number of benzene rings is 2. The number of hydrogen-bond donors (Lipinski definition) is 3. The van der Waals surface area contributed by atoms with Crippen LogP contribution in [0.4, 0.5) is 4.79 Å². The third-order valence-electron chi connectivity index (χ3n) is 13.2. The quantitative estimate of drug-likeness (QED) is 0.147. The van der Waals surface area contributed by atoms with Crippen LogP contribution in [0.15, 0.2) is 48.8 Å². The van der Waals surface area contributed by atoms with Gasteiger partial charge >= 0.3 is 6.09 Å². The van der Waals surface area contributed by atoms with Crippen molar-refractivity contribution in [3.63, 3.8) is 0 Å². The molecule has 8 rings (SSSR count). The van der Waals surface area contributed by atoms with Crippen molar-refractivity contribution in [1.29, 1.82) is 0 Å². The van der Waals surface area contributed by atoms with Crippen LogP contribution in [0, 0.1) is 29.6 Å². The third kappa shape index (κ3) is 7.27. The van der Waals surface area contributed by atoms with Crippen LogP contribution in [0.1, 0.15) is 127 Å². The standard InChI is InChI=1S/C46H59N7O4/c1-24(2)15-39(54)52-22-26(5)16-37(52)43-47-20-35(49-43)30-11-9-29(10-12-30)32-13-14-33(40-31-18-28(7)34(19-31)41(32)40)36-21-48-44(50-36)38-17-27(6)23-53(38)45(55)42(25(3)4)51-46(56)57-8/h9-14,20-21,24-28,31,34,37-38,42H,15-19,22-23H2,1-8H3,(H,47,49)(H,48,50)(H,51,56)/t26-,27-,28?,31?,34?,37-,38-,42-/m0/s1. The van der Waals surface area contributed by atoms with Crippen molar-refractivity contribution in [3.05, 3.63) is 71.6 Å². The van der Waals surface area contributed by atoms with Gasteiger partial charge in [0, 0.05) is 25.1 Å². The van der Waals surface area contributed by atoms with E-state index in [0.29, 0.717) is 48.5 Å². The molecule has 2 aliphatic carbocycles. The van der Waals surface area contributed by atoms with Gasteiger partial charge in [-0.25, -0.2) is 14.8 Å². The lowest BCUT2D eigenvalue weighted by Crippen LogP contribution is -2.51. The average Bonchev–Trinajstić information content (AvgIpc) is 4.04. The van der Waals surface area contributed by atoms with Crippen LogP contribution in [0.2, 0.25) is 0 Å². The monoisotopic (exact) mass is 773 g/mol. The van der Waals surface area contributed by atoms with Gasteiger partial charge in [-0.15, -0.1) is 0 Å². The van der Waals surface area contributed by atoms with E-state index in [1.807, 2.05) is 36.0 Å². The summed E-state index contributed by atoms with van der Waals surface area (Å²) in [5.41, 5.74) is 9.62. The Hall–Kier alpha value is -4.93. The number of nitrogens with zero attached hydrogens (tertiary/aromatic N) is 4. The number of aromatic nitrogens is 4. The van der Waals surface area contributed by atoms with E-state index in [-0.39, 0.29) is 29.8 Å². The molecular weight excluding hydrogens is 715 g/mol. The normalized spacial score (nSPS) is 25.8. The average molecular weight is 774 g/mol. The highest BCUT2D eigenvalue weighted by Gasteiger charge is 2.45. The highest BCUT2D eigenvalue weighted by molar-refractivity contribution is 5.86. The molecule has 3 unspecified atom stereocenters. The van der Waals surface area contributed by atoms with E-state index >= 15 is 0 Å². The lowest BCUT2D eigenvalue weighted by molar-refractivity contribution is -0.135. The first kappa shape index (κ1) is 38.9. The van der Waals surface area contributed by atoms with Gasteiger partial charge < -0.3 is 29.8 Å². The Morgan fingerprint density at radius 1 is 0.772 bits per heavy atom. The zero-order valence-electron chi connectivity index (χ0n) is 34.8. The molecule has 1 saturated carbocycles. The van der Waals surface area contributed by atoms with Gasteiger partial charge in [-0.2, -0.15) is 0 Å². The second-order valence-corrected chi connectivity index (χ2v) is 18.4. The second kappa shape index (κ2) is 15.4. The second-order valence-electron chi connectivity index (χ2n) is 18.4. The molecule has 0 radical (unpaired) electrons. The van der Waals surface area contributed by atoms with Crippen molar-refractivity contribution in [3.8, 4) is 33.6 Å². The first-order valence-corrected chi connectivity index (χ1v) is 21.1. The maximum absolute atomic E-state index is 13.9. The number of nitrogens with one attached hydrogen (secondary N) is 3. The predicted molar refractivity (Wildman–Crippen MR) is 221 cm³/mol. The van der Waals surface area contributed by atoms with Gasteiger partial charge in [0.25, 0.3) is 0 Å². The van der Waals surface area contributed by atoms with Crippen LogP contribution in [0.5, 0.6) is 0 Å². The molecule has 4 heterocycles. The lowest BCUT2D eigenvalue weighted by atomic mass is 9.78. The van der Waals surface area contributed by atoms with E-state index in [4.69, 9.17) is 14.7 Å². The molecule has 4 aliphatic rings. The summed E-state index contributed by atoms with van der Waals surface area (Å²) in [6, 6.07) is 12.5. The minimum Gasteiger partial charge on any atom is -0.453 e. The Morgan fingerprint density at radius 2 is 1.37 bits per heavy atom. The van der Waals surface area contributed by atoms with E-state index in [1.54, 1.807) is 0 Å². The van der Waals surface area contributed by atoms with Crippen LogP contribution < -0.4 is 5.32 Å². The summed E-state index contributed by atoms with van der Waals surface area (Å²) >= 11 is 0. The van der Waals surface area contributed by atoms with E-state index in [2.05, 4.69) is 86.3 Å². The number of hydrogen-bond acceptors (Lipinski definition) is 6. The van der Waals surface area contributed by atoms with Crippen molar-refractivity contribution in [2.45, 2.75) is 111 Å². The van der Waals surface area contributed by atoms with Gasteiger partial charge in [0.2, 0.25) is 11.8 Å². The van der Waals surface area contributed by atoms with Crippen LogP contribution in [0.3, 0.4) is 0 Å². The third-order valence-corrected chi connectivity index (χ3v) is 13.2. The molecule has 302 valence electrons. The molecule has 4 aromatic rings. The van der Waals surface area contributed by atoms with Gasteiger partial charge in [-0.05, 0) is 94.9 Å². The first-order chi connectivity index (χ1) is 27.3. The smallest absolute Gasteiger partial charge is 0.407 e. The zero-order valence-corrected chi connectivity index (χ0v) is 34.8. The fraction of sp³-hybridized carbons (Fsp3) is 0.543. The maximum Gasteiger partial charge on any atom is 0.407 e. The van der Waals surface area contributed by atoms with Crippen molar-refractivity contribution in [2.75, 3.05) is 20.2 Å². The summed E-state index contributed by atoms with van der Waals surface area (Å²) in [4.78, 5) is 60.0. The minimum absolute atomic E-state index is 0.0144. The predicted octanol–water partition coefficient (Wildman–Crippen LogP) is 8.99. The molecule has 2 saturated heterocycles. The summed E-state index contributed by atoms with van der Waals surface area (Å²) in [6.07, 6.45) is 7.88. The van der Waals surface area contributed by atoms with Gasteiger partial charge in [-0.1, -0.05) is 84.9 Å². The number of ether oxygens (including phenoxy) is 1. The molecule has 11 nitrogen and oxygen atoms in total. The van der Waals surface area contributed by atoms with Gasteiger partial charge in [0.1, 0.15) is 17.7 Å². The van der Waals surface area contributed by atoms with Gasteiger partial charge in [0.15, 0.2) is 0 Å². The van der Waals surface area contributed by atoms with Crippen molar-refractivity contribution >= 4 is 17.9 Å². The first-order valence-electron chi connectivity index (χ1n) is 21.1. The zero-order chi connectivity index (χ0) is 40.3. The van der Waals surface area contributed by atoms with Crippen LogP contribution in [-0.4, -0.2) is 73.9 Å². The van der Waals surface area contributed by atoms with E-state index < -0.39 is 12.1 Å². The molecule has 2 aromatic heterocycles. The molecule has 0 spiro atoms. The van der Waals surface area contributed by atoms with Crippen molar-refractivity contribution in [1.82, 2.24) is 35.1 Å². The summed E-state index contributed by atoms with van der Waals surface area (Å²) in [5, 5.41) is 2.76. The number of rotatable bonds is 10. The van der Waals surface area contributed by atoms with Crippen molar-refractivity contribution < 1.29 is 19.1 Å². The number of H-pyrrole nitrogens is 2. The van der Waals surface area contributed by atoms with Gasteiger partial charge in [-0.3, -0.25) is 9.59 Å². The molecule has 2 aromatic carbocycles. The number of aromatic amines is 2. The number of carbonyl (C=O) groups is 3. The van der Waals surface area contributed by atoms with Crippen LogP contribution >= 0.6 is 0 Å². The van der Waals surface area contributed by atoms with Gasteiger partial charge in [0.05, 0.1) is 43.0 Å². The topological polar surface area (TPSA) is 136 Å². The molecule has 2 aliphatic heterocycles. The Labute approximate surface area is 336 Å². The fourth-order valence-corrected chi connectivity index (χ4v) is 10.4. The highest BCUT2D eigenvalue weighted by Crippen LogP contribution is 2.60. The number of amides is 3. The summed E-state index contributed by atoms with van der Waals surface area (Å²) < 4.78 is 4.84. The molecular formula is C46H59N7O4. The largest absolute Gasteiger partial charge is 0.453 e. The number of imidazole rings is 2. The summed E-state index contributed by atoms with van der Waals surface area (Å²) in [7, 11) is 1.32. The summed E-state index contributed by atoms with van der Waals surface area (Å²) in [5.74, 6) is 4.35. The molecule has 57 heavy (non-hydrogen) atoms. The Morgan fingerprint density at radius 3 is 2.02 bits per heavy atom. The van der Waals surface area contributed by atoms with E-state index in [0.717, 1.165) is 48.0 Å². The Kier molecular flexibility index (Phi) is 10.5. The molecule has 8 atom stereocenters. The Bertz CT molecular complexity index is 2140.